The van der Waals surface area contributed by atoms with Gasteiger partial charge in [-0.05, 0) is 30.7 Å². The Balaban J connectivity index is 1.76. The molecule has 0 saturated carbocycles. The number of H-pyrrole nitrogens is 1. The molecule has 4 aromatic rings. The molecule has 0 aliphatic heterocycles. The molecule has 0 saturated heterocycles. The maximum atomic E-state index is 12.4. The minimum Gasteiger partial charge on any atom is -0.326 e. The number of aryl methyl sites for hydroxylation is 1. The molecule has 0 aliphatic rings. The van der Waals surface area contributed by atoms with E-state index in [1.165, 1.54) is 0 Å². The molecule has 2 aromatic heterocycles. The fraction of sp³-hybridized carbons (Fsp3) is 0.263. The number of fused-ring (bicyclic) bond motifs is 2. The molecular formula is C19H20N4O2S. The van der Waals surface area contributed by atoms with E-state index in [-0.39, 0.29) is 5.69 Å². The molecule has 0 fully saturated rings. The molecule has 7 heteroatoms. The van der Waals surface area contributed by atoms with Crippen LogP contribution >= 0.6 is 0 Å². The minimum absolute atomic E-state index is 0.139. The molecule has 2 aromatic carbocycles. The number of aromatic amines is 1. The Labute approximate surface area is 152 Å². The summed E-state index contributed by atoms with van der Waals surface area (Å²) in [7, 11) is -0.815. The molecule has 1 unspecified atom stereocenters. The number of benzene rings is 2. The fourth-order valence-electron chi connectivity index (χ4n) is 3.33. The molecule has 1 atom stereocenters. The Morgan fingerprint density at radius 1 is 1.04 bits per heavy atom. The third kappa shape index (κ3) is 3.10. The first-order chi connectivity index (χ1) is 12.6. The SMILES string of the molecule is CS(=O)CCCn1c(Cn2c(=O)[nH]c3ccccc32)nc2ccccc21. The van der Waals surface area contributed by atoms with Gasteiger partial charge in [0.05, 0.1) is 28.6 Å². The quantitative estimate of drug-likeness (QED) is 0.568. The van der Waals surface area contributed by atoms with E-state index in [4.69, 9.17) is 4.98 Å². The van der Waals surface area contributed by atoms with Crippen LogP contribution in [0.1, 0.15) is 12.2 Å². The second kappa shape index (κ2) is 6.92. The zero-order valence-corrected chi connectivity index (χ0v) is 15.3. The highest BCUT2D eigenvalue weighted by Gasteiger charge is 2.14. The molecule has 26 heavy (non-hydrogen) atoms. The Hall–Kier alpha value is -2.67. The normalized spacial score (nSPS) is 12.8. The number of para-hydroxylation sites is 4. The van der Waals surface area contributed by atoms with Gasteiger partial charge in [0.15, 0.2) is 0 Å². The van der Waals surface area contributed by atoms with Crippen LogP contribution in [-0.4, -0.2) is 35.3 Å². The van der Waals surface area contributed by atoms with E-state index in [9.17, 15) is 9.00 Å². The van der Waals surface area contributed by atoms with Crippen molar-refractivity contribution in [1.82, 2.24) is 19.1 Å². The predicted octanol–water partition coefficient (Wildman–Crippen LogP) is 2.50. The summed E-state index contributed by atoms with van der Waals surface area (Å²) in [6.45, 7) is 1.12. The first kappa shape index (κ1) is 16.8. The van der Waals surface area contributed by atoms with Gasteiger partial charge in [0, 0.05) is 29.4 Å². The molecule has 6 nitrogen and oxygen atoms in total. The van der Waals surface area contributed by atoms with Crippen molar-refractivity contribution in [1.29, 1.82) is 0 Å². The van der Waals surface area contributed by atoms with Crippen LogP contribution in [0.25, 0.3) is 22.1 Å². The number of nitrogens with one attached hydrogen (secondary N) is 1. The molecule has 0 bridgehead atoms. The van der Waals surface area contributed by atoms with Gasteiger partial charge in [-0.25, -0.2) is 9.78 Å². The maximum Gasteiger partial charge on any atom is 0.326 e. The lowest BCUT2D eigenvalue weighted by molar-refractivity contribution is 0.622. The lowest BCUT2D eigenvalue weighted by atomic mass is 10.3. The Kier molecular flexibility index (Phi) is 4.46. The van der Waals surface area contributed by atoms with Crippen LogP contribution in [0.4, 0.5) is 0 Å². The van der Waals surface area contributed by atoms with Crippen LogP contribution in [-0.2, 0) is 23.9 Å². The zero-order valence-electron chi connectivity index (χ0n) is 14.5. The van der Waals surface area contributed by atoms with Crippen molar-refractivity contribution < 1.29 is 4.21 Å². The average Bonchev–Trinajstić information content (AvgIpc) is 3.13. The van der Waals surface area contributed by atoms with Crippen LogP contribution in [0.2, 0.25) is 0 Å². The molecule has 4 rings (SSSR count). The van der Waals surface area contributed by atoms with E-state index in [0.29, 0.717) is 12.3 Å². The molecule has 0 radical (unpaired) electrons. The Bertz CT molecular complexity index is 1160. The summed E-state index contributed by atoms with van der Waals surface area (Å²) in [6, 6.07) is 15.6. The predicted molar refractivity (Wildman–Crippen MR) is 105 cm³/mol. The lowest BCUT2D eigenvalue weighted by Crippen LogP contribution is -2.20. The molecule has 0 spiro atoms. The second-order valence-electron chi connectivity index (χ2n) is 6.33. The lowest BCUT2D eigenvalue weighted by Gasteiger charge is -2.09. The summed E-state index contributed by atoms with van der Waals surface area (Å²) in [6.07, 6.45) is 2.53. The van der Waals surface area contributed by atoms with E-state index >= 15 is 0 Å². The van der Waals surface area contributed by atoms with Crippen molar-refractivity contribution in [3.63, 3.8) is 0 Å². The van der Waals surface area contributed by atoms with E-state index in [1.54, 1.807) is 10.8 Å². The van der Waals surface area contributed by atoms with Crippen molar-refractivity contribution >= 4 is 32.9 Å². The Morgan fingerprint density at radius 2 is 1.77 bits per heavy atom. The highest BCUT2D eigenvalue weighted by Crippen LogP contribution is 2.18. The Morgan fingerprint density at radius 3 is 2.58 bits per heavy atom. The molecule has 0 amide bonds. The number of hydrogen-bond acceptors (Lipinski definition) is 3. The van der Waals surface area contributed by atoms with E-state index in [0.717, 1.165) is 40.9 Å². The number of aromatic nitrogens is 4. The smallest absolute Gasteiger partial charge is 0.326 e. The highest BCUT2D eigenvalue weighted by atomic mass is 32.2. The summed E-state index contributed by atoms with van der Waals surface area (Å²) in [5, 5.41) is 0. The van der Waals surface area contributed by atoms with Crippen LogP contribution in [0.15, 0.2) is 53.3 Å². The summed E-state index contributed by atoms with van der Waals surface area (Å²) >= 11 is 0. The van der Waals surface area contributed by atoms with Crippen LogP contribution < -0.4 is 5.69 Å². The first-order valence-corrected chi connectivity index (χ1v) is 10.3. The van der Waals surface area contributed by atoms with Gasteiger partial charge in [-0.3, -0.25) is 8.78 Å². The summed E-state index contributed by atoms with van der Waals surface area (Å²) in [5.74, 6) is 1.49. The second-order valence-corrected chi connectivity index (χ2v) is 7.89. The van der Waals surface area contributed by atoms with Crippen molar-refractivity contribution in [2.75, 3.05) is 12.0 Å². The highest BCUT2D eigenvalue weighted by molar-refractivity contribution is 7.84. The van der Waals surface area contributed by atoms with E-state index < -0.39 is 10.8 Å². The molecule has 2 heterocycles. The van der Waals surface area contributed by atoms with Gasteiger partial charge >= 0.3 is 5.69 Å². The third-order valence-corrected chi connectivity index (χ3v) is 5.39. The van der Waals surface area contributed by atoms with Crippen molar-refractivity contribution in [3.05, 3.63) is 64.8 Å². The van der Waals surface area contributed by atoms with Crippen LogP contribution in [0.3, 0.4) is 0 Å². The van der Waals surface area contributed by atoms with E-state index in [1.807, 2.05) is 48.5 Å². The number of hydrogen-bond donors (Lipinski definition) is 1. The van der Waals surface area contributed by atoms with Crippen molar-refractivity contribution in [2.24, 2.45) is 0 Å². The maximum absolute atomic E-state index is 12.4. The summed E-state index contributed by atoms with van der Waals surface area (Å²) < 4.78 is 15.3. The van der Waals surface area contributed by atoms with Gasteiger partial charge in [0.25, 0.3) is 0 Å². The first-order valence-electron chi connectivity index (χ1n) is 8.55. The fourth-order valence-corrected chi connectivity index (χ4v) is 3.86. The van der Waals surface area contributed by atoms with Gasteiger partial charge in [-0.2, -0.15) is 0 Å². The van der Waals surface area contributed by atoms with Crippen molar-refractivity contribution in [2.45, 2.75) is 19.5 Å². The molecule has 134 valence electrons. The zero-order chi connectivity index (χ0) is 18.1. The van der Waals surface area contributed by atoms with Gasteiger partial charge in [-0.1, -0.05) is 24.3 Å². The average molecular weight is 368 g/mol. The van der Waals surface area contributed by atoms with Gasteiger partial charge in [0.1, 0.15) is 5.82 Å². The van der Waals surface area contributed by atoms with Gasteiger partial charge in [-0.15, -0.1) is 0 Å². The largest absolute Gasteiger partial charge is 0.326 e. The van der Waals surface area contributed by atoms with Crippen LogP contribution in [0.5, 0.6) is 0 Å². The summed E-state index contributed by atoms with van der Waals surface area (Å²) in [5.41, 5.74) is 3.50. The number of nitrogens with zero attached hydrogens (tertiary/aromatic N) is 3. The number of imidazole rings is 2. The van der Waals surface area contributed by atoms with E-state index in [2.05, 4.69) is 9.55 Å². The standard InChI is InChI=1S/C19H20N4O2S/c1-26(25)12-6-11-22-16-9-4-2-7-14(16)20-18(22)13-23-17-10-5-3-8-15(17)21-19(23)24/h2-5,7-10H,6,11-13H2,1H3,(H,21,24). The molecule has 1 N–H and O–H groups in total. The third-order valence-electron chi connectivity index (χ3n) is 4.53. The molecular weight excluding hydrogens is 348 g/mol. The summed E-state index contributed by atoms with van der Waals surface area (Å²) in [4.78, 5) is 20.0. The van der Waals surface area contributed by atoms with Crippen LogP contribution in [0, 0.1) is 0 Å². The number of rotatable bonds is 6. The minimum atomic E-state index is -0.815. The molecule has 0 aliphatic carbocycles. The topological polar surface area (TPSA) is 72.7 Å². The monoisotopic (exact) mass is 368 g/mol. The van der Waals surface area contributed by atoms with Gasteiger partial charge < -0.3 is 9.55 Å². The van der Waals surface area contributed by atoms with Crippen molar-refractivity contribution in [3.8, 4) is 0 Å². The van der Waals surface area contributed by atoms with Gasteiger partial charge in [0.2, 0.25) is 0 Å².